The van der Waals surface area contributed by atoms with Crippen LogP contribution >= 0.6 is 0 Å². The number of halogens is 1. The Labute approximate surface area is 96.9 Å². The van der Waals surface area contributed by atoms with Gasteiger partial charge in [0, 0.05) is 11.1 Å². The third-order valence-electron chi connectivity index (χ3n) is 3.70. The Kier molecular flexibility index (Phi) is 2.58. The average molecular weight is 221 g/mol. The summed E-state index contributed by atoms with van der Waals surface area (Å²) in [6, 6.07) is 5.23. The summed E-state index contributed by atoms with van der Waals surface area (Å²) in [7, 11) is 0. The van der Waals surface area contributed by atoms with E-state index in [-0.39, 0.29) is 11.2 Å². The monoisotopic (exact) mass is 221 g/mol. The minimum absolute atomic E-state index is 0.161. The molecular weight excluding hydrogens is 201 g/mol. The first-order valence-electron chi connectivity index (χ1n) is 5.88. The van der Waals surface area contributed by atoms with E-state index < -0.39 is 5.54 Å². The van der Waals surface area contributed by atoms with Crippen LogP contribution in [0.5, 0.6) is 0 Å². The lowest BCUT2D eigenvalue weighted by Crippen LogP contribution is -2.35. The summed E-state index contributed by atoms with van der Waals surface area (Å²) >= 11 is 0. The fourth-order valence-corrected chi connectivity index (χ4v) is 2.84. The van der Waals surface area contributed by atoms with E-state index in [4.69, 9.17) is 5.73 Å². The van der Waals surface area contributed by atoms with Gasteiger partial charge in [0.1, 0.15) is 5.82 Å². The molecule has 0 radical (unpaired) electrons. The quantitative estimate of drug-likeness (QED) is 0.771. The molecule has 1 saturated carbocycles. The van der Waals surface area contributed by atoms with Crippen LogP contribution in [0, 0.1) is 18.2 Å². The van der Waals surface area contributed by atoms with Crippen LogP contribution < -0.4 is 5.73 Å². The average Bonchev–Trinajstić information content (AvgIpc) is 2.46. The van der Waals surface area contributed by atoms with Crippen molar-refractivity contribution in [2.24, 2.45) is 11.1 Å². The van der Waals surface area contributed by atoms with E-state index in [1.807, 2.05) is 13.0 Å². The van der Waals surface area contributed by atoms with Crippen molar-refractivity contribution < 1.29 is 4.39 Å². The number of aryl methyl sites for hydroxylation is 1. The summed E-state index contributed by atoms with van der Waals surface area (Å²) < 4.78 is 13.8. The zero-order valence-electron chi connectivity index (χ0n) is 10.3. The molecule has 0 saturated heterocycles. The molecule has 16 heavy (non-hydrogen) atoms. The maximum atomic E-state index is 13.8. The molecule has 1 aromatic rings. The Morgan fingerprint density at radius 3 is 2.50 bits per heavy atom. The molecule has 0 bridgehead atoms. The smallest absolute Gasteiger partial charge is 0.128 e. The molecule has 2 rings (SSSR count). The first-order valence-corrected chi connectivity index (χ1v) is 5.88. The Hall–Kier alpha value is -0.890. The third-order valence-corrected chi connectivity index (χ3v) is 3.70. The molecule has 2 heteroatoms. The Balaban J connectivity index is 2.41. The van der Waals surface area contributed by atoms with Crippen molar-refractivity contribution in [3.8, 4) is 0 Å². The van der Waals surface area contributed by atoms with Crippen LogP contribution in [0.25, 0.3) is 0 Å². The lowest BCUT2D eigenvalue weighted by molar-refractivity contribution is 0.334. The van der Waals surface area contributed by atoms with Crippen LogP contribution in [-0.2, 0) is 5.54 Å². The summed E-state index contributed by atoms with van der Waals surface area (Å²) in [6.45, 7) is 6.39. The van der Waals surface area contributed by atoms with Crippen molar-refractivity contribution in [1.29, 1.82) is 0 Å². The summed E-state index contributed by atoms with van der Waals surface area (Å²) in [5.41, 5.74) is 7.91. The van der Waals surface area contributed by atoms with Gasteiger partial charge in [-0.1, -0.05) is 31.5 Å². The molecule has 0 heterocycles. The SMILES string of the molecule is Cc1ccc(F)c(C2(N)CCC(C)(C)C2)c1. The number of hydrogen-bond acceptors (Lipinski definition) is 1. The van der Waals surface area contributed by atoms with Crippen LogP contribution in [0.15, 0.2) is 18.2 Å². The maximum absolute atomic E-state index is 13.8. The van der Waals surface area contributed by atoms with Gasteiger partial charge in [-0.3, -0.25) is 0 Å². The summed E-state index contributed by atoms with van der Waals surface area (Å²) in [4.78, 5) is 0. The largest absolute Gasteiger partial charge is 0.321 e. The third kappa shape index (κ3) is 1.99. The molecule has 1 aromatic carbocycles. The fraction of sp³-hybridized carbons (Fsp3) is 0.571. The first-order chi connectivity index (χ1) is 7.32. The van der Waals surface area contributed by atoms with E-state index in [9.17, 15) is 4.39 Å². The maximum Gasteiger partial charge on any atom is 0.128 e. The topological polar surface area (TPSA) is 26.0 Å². The molecule has 0 spiro atoms. The molecule has 2 N–H and O–H groups in total. The minimum Gasteiger partial charge on any atom is -0.321 e. The second-order valence-electron chi connectivity index (χ2n) is 5.98. The van der Waals surface area contributed by atoms with Crippen molar-refractivity contribution >= 4 is 0 Å². The summed E-state index contributed by atoms with van der Waals surface area (Å²) in [5.74, 6) is -0.161. The lowest BCUT2D eigenvalue weighted by Gasteiger charge is -2.27. The number of hydrogen-bond donors (Lipinski definition) is 1. The number of nitrogens with two attached hydrogens (primary N) is 1. The van der Waals surface area contributed by atoms with Crippen LogP contribution in [0.1, 0.15) is 44.2 Å². The van der Waals surface area contributed by atoms with E-state index in [1.54, 1.807) is 6.07 Å². The normalized spacial score (nSPS) is 28.3. The van der Waals surface area contributed by atoms with Crippen molar-refractivity contribution in [2.45, 2.75) is 45.6 Å². The van der Waals surface area contributed by atoms with E-state index >= 15 is 0 Å². The van der Waals surface area contributed by atoms with Crippen molar-refractivity contribution in [3.63, 3.8) is 0 Å². The summed E-state index contributed by atoms with van der Waals surface area (Å²) in [5, 5.41) is 0. The predicted octanol–water partition coefficient (Wildman–Crippen LogP) is 3.50. The zero-order valence-corrected chi connectivity index (χ0v) is 10.3. The lowest BCUT2D eigenvalue weighted by atomic mass is 9.83. The van der Waals surface area contributed by atoms with Crippen LogP contribution in [0.4, 0.5) is 4.39 Å². The van der Waals surface area contributed by atoms with Crippen LogP contribution in [0.3, 0.4) is 0 Å². The van der Waals surface area contributed by atoms with Gasteiger partial charge >= 0.3 is 0 Å². The standard InChI is InChI=1S/C14H20FN/c1-10-4-5-12(15)11(8-10)14(16)7-6-13(2,3)9-14/h4-5,8H,6-7,9,16H2,1-3H3. The van der Waals surface area contributed by atoms with Crippen LogP contribution in [0.2, 0.25) is 0 Å². The highest BCUT2D eigenvalue weighted by atomic mass is 19.1. The molecule has 1 aliphatic carbocycles. The molecule has 0 aliphatic heterocycles. The second kappa shape index (κ2) is 3.56. The second-order valence-corrected chi connectivity index (χ2v) is 5.98. The summed E-state index contributed by atoms with van der Waals surface area (Å²) in [6.07, 6.45) is 2.80. The molecule has 1 atom stereocenters. The van der Waals surface area contributed by atoms with Crippen LogP contribution in [-0.4, -0.2) is 0 Å². The van der Waals surface area contributed by atoms with Gasteiger partial charge in [0.05, 0.1) is 0 Å². The van der Waals surface area contributed by atoms with Gasteiger partial charge in [0.25, 0.3) is 0 Å². The molecule has 0 amide bonds. The highest BCUT2D eigenvalue weighted by Gasteiger charge is 2.42. The number of benzene rings is 1. The number of rotatable bonds is 1. The van der Waals surface area contributed by atoms with Gasteiger partial charge in [-0.15, -0.1) is 0 Å². The highest BCUT2D eigenvalue weighted by Crippen LogP contribution is 2.47. The van der Waals surface area contributed by atoms with Crippen molar-refractivity contribution in [3.05, 3.63) is 35.1 Å². The molecule has 1 unspecified atom stereocenters. The van der Waals surface area contributed by atoms with Gasteiger partial charge < -0.3 is 5.73 Å². The predicted molar refractivity (Wildman–Crippen MR) is 64.6 cm³/mol. The molecular formula is C14H20FN. The Bertz CT molecular complexity index is 411. The van der Waals surface area contributed by atoms with Crippen molar-refractivity contribution in [1.82, 2.24) is 0 Å². The van der Waals surface area contributed by atoms with Crippen molar-refractivity contribution in [2.75, 3.05) is 0 Å². The Morgan fingerprint density at radius 2 is 1.94 bits per heavy atom. The van der Waals surface area contributed by atoms with Gasteiger partial charge in [-0.05, 0) is 37.7 Å². The first kappa shape index (κ1) is 11.6. The molecule has 88 valence electrons. The van der Waals surface area contributed by atoms with Gasteiger partial charge in [0.15, 0.2) is 0 Å². The van der Waals surface area contributed by atoms with E-state index in [1.165, 1.54) is 6.07 Å². The molecule has 1 fully saturated rings. The van der Waals surface area contributed by atoms with Gasteiger partial charge in [-0.25, -0.2) is 4.39 Å². The highest BCUT2D eigenvalue weighted by molar-refractivity contribution is 5.31. The van der Waals surface area contributed by atoms with E-state index in [2.05, 4.69) is 13.8 Å². The molecule has 1 aliphatic rings. The zero-order chi connectivity index (χ0) is 12.0. The van der Waals surface area contributed by atoms with Gasteiger partial charge in [-0.2, -0.15) is 0 Å². The molecule has 1 nitrogen and oxygen atoms in total. The minimum atomic E-state index is -0.473. The molecule has 0 aromatic heterocycles. The van der Waals surface area contributed by atoms with Gasteiger partial charge in [0.2, 0.25) is 0 Å². The van der Waals surface area contributed by atoms with E-state index in [0.29, 0.717) is 5.56 Å². The van der Waals surface area contributed by atoms with E-state index in [0.717, 1.165) is 24.8 Å². The Morgan fingerprint density at radius 1 is 1.25 bits per heavy atom. The fourth-order valence-electron chi connectivity index (χ4n) is 2.84.